The normalized spacial score (nSPS) is 10.6. The van der Waals surface area contributed by atoms with E-state index in [-0.39, 0.29) is 11.8 Å². The molecule has 94 valence electrons. The van der Waals surface area contributed by atoms with Gasteiger partial charge in [0.05, 0.1) is 11.9 Å². The van der Waals surface area contributed by atoms with Crippen LogP contribution in [0.4, 0.5) is 5.69 Å². The highest BCUT2D eigenvalue weighted by atomic mass is 16.1. The number of nitrogens with zero attached hydrogens (tertiary/aromatic N) is 1. The van der Waals surface area contributed by atoms with Gasteiger partial charge in [0.15, 0.2) is 0 Å². The largest absolute Gasteiger partial charge is 0.325 e. The number of carbonyl (C=O) groups excluding carboxylic acids is 1. The van der Waals surface area contributed by atoms with Gasteiger partial charge in [0.2, 0.25) is 5.91 Å². The van der Waals surface area contributed by atoms with Crippen molar-refractivity contribution in [2.45, 2.75) is 46.5 Å². The molecule has 1 aromatic heterocycles. The van der Waals surface area contributed by atoms with Crippen LogP contribution in [0.25, 0.3) is 0 Å². The maximum atomic E-state index is 11.5. The molecule has 0 aliphatic carbocycles. The fourth-order valence-electron chi connectivity index (χ4n) is 1.49. The van der Waals surface area contributed by atoms with Crippen LogP contribution in [-0.2, 0) is 11.2 Å². The molecule has 0 atom stereocenters. The Kier molecular flexibility index (Phi) is 5.67. The summed E-state index contributed by atoms with van der Waals surface area (Å²) in [4.78, 5) is 15.8. The van der Waals surface area contributed by atoms with Crippen molar-refractivity contribution in [3.8, 4) is 0 Å². The van der Waals surface area contributed by atoms with Crippen LogP contribution in [0, 0.1) is 5.92 Å². The first-order chi connectivity index (χ1) is 8.13. The third kappa shape index (κ3) is 4.98. The van der Waals surface area contributed by atoms with Crippen molar-refractivity contribution in [2.24, 2.45) is 5.92 Å². The topological polar surface area (TPSA) is 42.0 Å². The molecule has 0 saturated carbocycles. The molecular weight excluding hydrogens is 212 g/mol. The first-order valence-corrected chi connectivity index (χ1v) is 6.39. The summed E-state index contributed by atoms with van der Waals surface area (Å²) in [5.41, 5.74) is 1.88. The second-order valence-electron chi connectivity index (χ2n) is 4.64. The summed E-state index contributed by atoms with van der Waals surface area (Å²) >= 11 is 0. The fourth-order valence-corrected chi connectivity index (χ4v) is 1.49. The zero-order chi connectivity index (χ0) is 12.7. The lowest BCUT2D eigenvalue weighted by molar-refractivity contribution is -0.118. The predicted octanol–water partition coefficient (Wildman–Crippen LogP) is 3.41. The van der Waals surface area contributed by atoms with Crippen molar-refractivity contribution in [3.63, 3.8) is 0 Å². The highest BCUT2D eigenvalue weighted by Gasteiger charge is 2.06. The van der Waals surface area contributed by atoms with Gasteiger partial charge in [0.1, 0.15) is 0 Å². The molecule has 1 amide bonds. The van der Waals surface area contributed by atoms with E-state index in [1.54, 1.807) is 6.20 Å². The number of hydrogen-bond donors (Lipinski definition) is 1. The third-order valence-electron chi connectivity index (χ3n) is 2.65. The van der Waals surface area contributed by atoms with Crippen molar-refractivity contribution in [1.82, 2.24) is 4.98 Å². The highest BCUT2D eigenvalue weighted by molar-refractivity contribution is 5.91. The van der Waals surface area contributed by atoms with Gasteiger partial charge in [-0.3, -0.25) is 9.78 Å². The number of hydrogen-bond acceptors (Lipinski definition) is 2. The smallest absolute Gasteiger partial charge is 0.226 e. The maximum Gasteiger partial charge on any atom is 0.226 e. The van der Waals surface area contributed by atoms with Gasteiger partial charge in [0.25, 0.3) is 0 Å². The SMILES string of the molecule is CCCCCc1ccc(NC(=O)C(C)C)cn1. The van der Waals surface area contributed by atoms with Crippen LogP contribution in [-0.4, -0.2) is 10.9 Å². The molecule has 0 spiro atoms. The predicted molar refractivity (Wildman–Crippen MR) is 70.9 cm³/mol. The van der Waals surface area contributed by atoms with Crippen LogP contribution in [0.2, 0.25) is 0 Å². The highest BCUT2D eigenvalue weighted by Crippen LogP contribution is 2.10. The molecule has 0 radical (unpaired) electrons. The standard InChI is InChI=1S/C14H22N2O/c1-4-5-6-7-12-8-9-13(10-15-12)16-14(17)11(2)3/h8-11H,4-7H2,1-3H3,(H,16,17). The van der Waals surface area contributed by atoms with Crippen molar-refractivity contribution >= 4 is 11.6 Å². The molecular formula is C14H22N2O. The van der Waals surface area contributed by atoms with Crippen LogP contribution in [0.5, 0.6) is 0 Å². The lowest BCUT2D eigenvalue weighted by atomic mass is 10.1. The third-order valence-corrected chi connectivity index (χ3v) is 2.65. The van der Waals surface area contributed by atoms with Gasteiger partial charge in [-0.2, -0.15) is 0 Å². The summed E-state index contributed by atoms with van der Waals surface area (Å²) in [7, 11) is 0. The van der Waals surface area contributed by atoms with Gasteiger partial charge in [-0.1, -0.05) is 33.6 Å². The van der Waals surface area contributed by atoms with Crippen molar-refractivity contribution in [1.29, 1.82) is 0 Å². The van der Waals surface area contributed by atoms with Gasteiger partial charge in [-0.05, 0) is 25.0 Å². The number of amides is 1. The average Bonchev–Trinajstić information content (AvgIpc) is 2.31. The number of aromatic nitrogens is 1. The number of aryl methyl sites for hydroxylation is 1. The van der Waals surface area contributed by atoms with Crippen molar-refractivity contribution in [2.75, 3.05) is 5.32 Å². The summed E-state index contributed by atoms with van der Waals surface area (Å²) in [5, 5.41) is 2.83. The van der Waals surface area contributed by atoms with E-state index < -0.39 is 0 Å². The monoisotopic (exact) mass is 234 g/mol. The van der Waals surface area contributed by atoms with Gasteiger partial charge in [0, 0.05) is 11.6 Å². The van der Waals surface area contributed by atoms with Crippen LogP contribution in [0.1, 0.15) is 45.7 Å². The Bertz CT molecular complexity index is 344. The maximum absolute atomic E-state index is 11.5. The van der Waals surface area contributed by atoms with Crippen LogP contribution < -0.4 is 5.32 Å². The minimum absolute atomic E-state index is 0.000712. The summed E-state index contributed by atoms with van der Waals surface area (Å²) in [5.74, 6) is 0.0322. The number of pyridine rings is 1. The molecule has 0 aliphatic heterocycles. The molecule has 0 aliphatic rings. The summed E-state index contributed by atoms with van der Waals surface area (Å²) in [6, 6.07) is 3.92. The average molecular weight is 234 g/mol. The Balaban J connectivity index is 2.47. The van der Waals surface area contributed by atoms with E-state index in [4.69, 9.17) is 0 Å². The fraction of sp³-hybridized carbons (Fsp3) is 0.571. The summed E-state index contributed by atoms with van der Waals surface area (Å²) in [6.07, 6.45) is 6.41. The molecule has 1 aromatic rings. The quantitative estimate of drug-likeness (QED) is 0.766. The molecule has 3 heteroatoms. The van der Waals surface area contributed by atoms with Gasteiger partial charge < -0.3 is 5.32 Å². The van der Waals surface area contributed by atoms with E-state index in [0.29, 0.717) is 0 Å². The molecule has 0 bridgehead atoms. The Morgan fingerprint density at radius 3 is 2.65 bits per heavy atom. The molecule has 17 heavy (non-hydrogen) atoms. The molecule has 1 rings (SSSR count). The van der Waals surface area contributed by atoms with E-state index in [2.05, 4.69) is 17.2 Å². The zero-order valence-corrected chi connectivity index (χ0v) is 11.0. The Morgan fingerprint density at radius 2 is 2.12 bits per heavy atom. The molecule has 0 saturated heterocycles. The van der Waals surface area contributed by atoms with Crippen LogP contribution in [0.15, 0.2) is 18.3 Å². The zero-order valence-electron chi connectivity index (χ0n) is 11.0. The number of anilines is 1. The summed E-state index contributed by atoms with van der Waals surface area (Å²) < 4.78 is 0. The van der Waals surface area contributed by atoms with E-state index in [9.17, 15) is 4.79 Å². The lowest BCUT2D eigenvalue weighted by Crippen LogP contribution is -2.17. The van der Waals surface area contributed by atoms with E-state index in [0.717, 1.165) is 17.8 Å². The Hall–Kier alpha value is -1.38. The van der Waals surface area contributed by atoms with Crippen molar-refractivity contribution < 1.29 is 4.79 Å². The minimum Gasteiger partial charge on any atom is -0.325 e. The van der Waals surface area contributed by atoms with E-state index in [1.807, 2.05) is 26.0 Å². The van der Waals surface area contributed by atoms with Gasteiger partial charge in [-0.15, -0.1) is 0 Å². The van der Waals surface area contributed by atoms with Gasteiger partial charge in [-0.25, -0.2) is 0 Å². The number of unbranched alkanes of at least 4 members (excludes halogenated alkanes) is 2. The second kappa shape index (κ2) is 7.05. The van der Waals surface area contributed by atoms with Crippen molar-refractivity contribution in [3.05, 3.63) is 24.0 Å². The number of nitrogens with one attached hydrogen (secondary N) is 1. The van der Waals surface area contributed by atoms with Crippen LogP contribution >= 0.6 is 0 Å². The Labute approximate surface area is 104 Å². The minimum atomic E-state index is -0.000712. The summed E-state index contributed by atoms with van der Waals surface area (Å²) in [6.45, 7) is 5.95. The first-order valence-electron chi connectivity index (χ1n) is 6.39. The molecule has 1 heterocycles. The van der Waals surface area contributed by atoms with Gasteiger partial charge >= 0.3 is 0 Å². The molecule has 0 fully saturated rings. The molecule has 0 aromatic carbocycles. The lowest BCUT2D eigenvalue weighted by Gasteiger charge is -2.07. The number of rotatable bonds is 6. The van der Waals surface area contributed by atoms with E-state index >= 15 is 0 Å². The molecule has 0 unspecified atom stereocenters. The first kappa shape index (κ1) is 13.7. The molecule has 1 N–H and O–H groups in total. The van der Waals surface area contributed by atoms with E-state index in [1.165, 1.54) is 19.3 Å². The second-order valence-corrected chi connectivity index (χ2v) is 4.64. The Morgan fingerprint density at radius 1 is 1.35 bits per heavy atom. The van der Waals surface area contributed by atoms with Crippen LogP contribution in [0.3, 0.4) is 0 Å². The number of carbonyl (C=O) groups is 1. The molecule has 3 nitrogen and oxygen atoms in total.